The zero-order valence-electron chi connectivity index (χ0n) is 9.70. The van der Waals surface area contributed by atoms with Crippen LogP contribution in [-0.2, 0) is 6.54 Å². The van der Waals surface area contributed by atoms with Gasteiger partial charge in [0.25, 0.3) is 5.56 Å². The Morgan fingerprint density at radius 2 is 2.25 bits per heavy atom. The third-order valence-corrected chi connectivity index (χ3v) is 3.34. The molecule has 2 heterocycles. The third kappa shape index (κ3) is 1.80. The van der Waals surface area contributed by atoms with Crippen LogP contribution in [0, 0.1) is 13.8 Å². The lowest BCUT2D eigenvalue weighted by molar-refractivity contribution is 0.705. The van der Waals surface area contributed by atoms with Gasteiger partial charge in [0.2, 0.25) is 0 Å². The topological polar surface area (TPSA) is 34.9 Å². The Morgan fingerprint density at radius 1 is 1.56 bits per heavy atom. The first-order valence-electron chi connectivity index (χ1n) is 5.11. The molecule has 0 aliphatic rings. The van der Waals surface area contributed by atoms with Gasteiger partial charge in [0.15, 0.2) is 0 Å². The minimum Gasteiger partial charge on any atom is -0.292 e. The normalized spacial score (nSPS) is 10.9. The number of allylic oxidation sites excluding steroid dienone is 1. The molecule has 0 fully saturated rings. The highest BCUT2D eigenvalue weighted by Gasteiger charge is 2.10. The van der Waals surface area contributed by atoms with Crippen LogP contribution in [0.1, 0.15) is 17.6 Å². The van der Waals surface area contributed by atoms with Crippen molar-refractivity contribution in [3.63, 3.8) is 0 Å². The molecular formula is C12H14N2OS. The van der Waals surface area contributed by atoms with Crippen LogP contribution in [0.2, 0.25) is 0 Å². The smallest absolute Gasteiger partial charge is 0.262 e. The van der Waals surface area contributed by atoms with Crippen LogP contribution in [0.15, 0.2) is 23.0 Å². The summed E-state index contributed by atoms with van der Waals surface area (Å²) in [5, 5.41) is 0.717. The number of aryl methyl sites for hydroxylation is 2. The van der Waals surface area contributed by atoms with Crippen molar-refractivity contribution in [2.75, 3.05) is 0 Å². The van der Waals surface area contributed by atoms with Gasteiger partial charge in [-0.1, -0.05) is 12.2 Å². The van der Waals surface area contributed by atoms with Crippen molar-refractivity contribution in [2.24, 2.45) is 0 Å². The van der Waals surface area contributed by atoms with Gasteiger partial charge >= 0.3 is 0 Å². The maximum atomic E-state index is 12.2. The number of thiophene rings is 1. The molecular weight excluding hydrogens is 220 g/mol. The van der Waals surface area contributed by atoms with Crippen LogP contribution in [0.3, 0.4) is 0 Å². The Balaban J connectivity index is 2.74. The van der Waals surface area contributed by atoms with Crippen LogP contribution in [0.5, 0.6) is 0 Å². The highest BCUT2D eigenvalue weighted by molar-refractivity contribution is 7.18. The lowest BCUT2D eigenvalue weighted by atomic mass is 10.3. The van der Waals surface area contributed by atoms with Crippen LogP contribution >= 0.6 is 11.3 Å². The summed E-state index contributed by atoms with van der Waals surface area (Å²) in [6.07, 6.45) is 0. The lowest BCUT2D eigenvalue weighted by Gasteiger charge is -2.08. The van der Waals surface area contributed by atoms with E-state index in [9.17, 15) is 4.79 Å². The first-order chi connectivity index (χ1) is 7.49. The molecule has 0 aromatic carbocycles. The van der Waals surface area contributed by atoms with E-state index >= 15 is 0 Å². The van der Waals surface area contributed by atoms with E-state index in [1.807, 2.05) is 26.8 Å². The maximum absolute atomic E-state index is 12.2. The van der Waals surface area contributed by atoms with Crippen molar-refractivity contribution in [1.29, 1.82) is 0 Å². The summed E-state index contributed by atoms with van der Waals surface area (Å²) in [6, 6.07) is 1.91. The highest BCUT2D eigenvalue weighted by Crippen LogP contribution is 2.20. The van der Waals surface area contributed by atoms with E-state index in [1.165, 1.54) is 0 Å². The summed E-state index contributed by atoms with van der Waals surface area (Å²) in [6.45, 7) is 10.1. The second-order valence-corrected chi connectivity index (χ2v) is 5.32. The van der Waals surface area contributed by atoms with Gasteiger partial charge in [-0.25, -0.2) is 4.98 Å². The van der Waals surface area contributed by atoms with E-state index in [0.717, 1.165) is 21.1 Å². The molecule has 4 heteroatoms. The van der Waals surface area contributed by atoms with Gasteiger partial charge in [-0.05, 0) is 26.8 Å². The fourth-order valence-electron chi connectivity index (χ4n) is 1.69. The van der Waals surface area contributed by atoms with E-state index < -0.39 is 0 Å². The van der Waals surface area contributed by atoms with Crippen molar-refractivity contribution in [1.82, 2.24) is 9.55 Å². The predicted molar refractivity (Wildman–Crippen MR) is 68.2 cm³/mol. The second kappa shape index (κ2) is 3.87. The van der Waals surface area contributed by atoms with E-state index in [-0.39, 0.29) is 5.56 Å². The van der Waals surface area contributed by atoms with Crippen LogP contribution in [-0.4, -0.2) is 9.55 Å². The van der Waals surface area contributed by atoms with Gasteiger partial charge in [-0.15, -0.1) is 11.3 Å². The van der Waals surface area contributed by atoms with Crippen molar-refractivity contribution in [3.05, 3.63) is 39.3 Å². The molecule has 0 unspecified atom stereocenters. The van der Waals surface area contributed by atoms with E-state index in [1.54, 1.807) is 15.9 Å². The summed E-state index contributed by atoms with van der Waals surface area (Å²) >= 11 is 1.56. The fraction of sp³-hybridized carbons (Fsp3) is 0.333. The molecule has 0 bridgehead atoms. The molecule has 0 radical (unpaired) electrons. The number of hydrogen-bond acceptors (Lipinski definition) is 3. The molecule has 0 aliphatic carbocycles. The monoisotopic (exact) mass is 234 g/mol. The van der Waals surface area contributed by atoms with Gasteiger partial charge < -0.3 is 0 Å². The Hall–Kier alpha value is -1.42. The van der Waals surface area contributed by atoms with Crippen molar-refractivity contribution in [3.8, 4) is 0 Å². The van der Waals surface area contributed by atoms with Gasteiger partial charge in [-0.3, -0.25) is 9.36 Å². The Bertz CT molecular complexity index is 622. The molecule has 3 nitrogen and oxygen atoms in total. The molecule has 2 rings (SSSR count). The molecule has 2 aromatic rings. The Morgan fingerprint density at radius 3 is 2.88 bits per heavy atom. The predicted octanol–water partition coefficient (Wildman–Crippen LogP) is 2.65. The molecule has 0 atom stereocenters. The minimum absolute atomic E-state index is 0.0369. The van der Waals surface area contributed by atoms with E-state index in [0.29, 0.717) is 11.9 Å². The van der Waals surface area contributed by atoms with Gasteiger partial charge in [-0.2, -0.15) is 0 Å². The number of rotatable bonds is 2. The molecule has 0 aliphatic heterocycles. The zero-order chi connectivity index (χ0) is 11.9. The molecule has 84 valence electrons. The molecule has 16 heavy (non-hydrogen) atoms. The summed E-state index contributed by atoms with van der Waals surface area (Å²) < 4.78 is 1.68. The summed E-state index contributed by atoms with van der Waals surface area (Å²) in [7, 11) is 0. The van der Waals surface area contributed by atoms with Crippen molar-refractivity contribution >= 4 is 21.6 Å². The minimum atomic E-state index is 0.0369. The summed E-state index contributed by atoms with van der Waals surface area (Å²) in [5.74, 6) is 0.752. The molecule has 0 saturated carbocycles. The molecule has 0 N–H and O–H groups in total. The van der Waals surface area contributed by atoms with Gasteiger partial charge in [0.1, 0.15) is 10.7 Å². The third-order valence-electron chi connectivity index (χ3n) is 2.39. The molecule has 0 spiro atoms. The molecule has 0 saturated heterocycles. The zero-order valence-corrected chi connectivity index (χ0v) is 10.5. The maximum Gasteiger partial charge on any atom is 0.262 e. The Labute approximate surface area is 98.1 Å². The number of hydrogen-bond donors (Lipinski definition) is 0. The van der Waals surface area contributed by atoms with Crippen LogP contribution in [0.25, 0.3) is 10.2 Å². The van der Waals surface area contributed by atoms with Crippen LogP contribution in [0.4, 0.5) is 0 Å². The average Bonchev–Trinajstić information content (AvgIpc) is 2.53. The van der Waals surface area contributed by atoms with Crippen molar-refractivity contribution in [2.45, 2.75) is 27.3 Å². The SMILES string of the molecule is C=C(C)Cn1c(C)nc2sc(C)cc2c1=O. The van der Waals surface area contributed by atoms with E-state index in [4.69, 9.17) is 0 Å². The number of fused-ring (bicyclic) bond motifs is 1. The second-order valence-electron chi connectivity index (χ2n) is 4.08. The first kappa shape index (κ1) is 11.1. The van der Waals surface area contributed by atoms with Crippen LogP contribution < -0.4 is 5.56 Å². The standard InChI is InChI=1S/C12H14N2OS/c1-7(2)6-14-9(4)13-11-10(12(14)15)5-8(3)16-11/h5H,1,6H2,2-4H3. The molecule has 2 aromatic heterocycles. The fourth-order valence-corrected chi connectivity index (χ4v) is 2.61. The molecule has 0 amide bonds. The largest absolute Gasteiger partial charge is 0.292 e. The summed E-state index contributed by atoms with van der Waals surface area (Å²) in [5.41, 5.74) is 0.994. The van der Waals surface area contributed by atoms with E-state index in [2.05, 4.69) is 11.6 Å². The summed E-state index contributed by atoms with van der Waals surface area (Å²) in [4.78, 5) is 18.6. The highest BCUT2D eigenvalue weighted by atomic mass is 32.1. The van der Waals surface area contributed by atoms with Gasteiger partial charge in [0.05, 0.1) is 5.39 Å². The average molecular weight is 234 g/mol. The lowest BCUT2D eigenvalue weighted by Crippen LogP contribution is -2.23. The first-order valence-corrected chi connectivity index (χ1v) is 5.92. The quantitative estimate of drug-likeness (QED) is 0.749. The van der Waals surface area contributed by atoms with Crippen molar-refractivity contribution < 1.29 is 0 Å². The van der Waals surface area contributed by atoms with Gasteiger partial charge in [0, 0.05) is 11.4 Å². The number of nitrogens with zero attached hydrogens (tertiary/aromatic N) is 2. The Kier molecular flexibility index (Phi) is 2.68. The number of aromatic nitrogens is 2.